The standard InChI is InChI=1S/C19H17NO5/c1-24-19(23)17-11-9-15(25-17)8-10-16(21)13-4-6-14(7-5-13)20-12-2-3-18(20)22/h4-11H,2-3,12H2,1H3/b10-8-. The Labute approximate surface area is 144 Å². The molecule has 0 bridgehead atoms. The van der Waals surface area contributed by atoms with Crippen LogP contribution in [0.3, 0.4) is 0 Å². The highest BCUT2D eigenvalue weighted by atomic mass is 16.5. The number of benzene rings is 1. The van der Waals surface area contributed by atoms with E-state index in [2.05, 4.69) is 4.74 Å². The second-order valence-corrected chi connectivity index (χ2v) is 5.59. The maximum Gasteiger partial charge on any atom is 0.373 e. The predicted octanol–water partition coefficient (Wildman–Crippen LogP) is 3.09. The van der Waals surface area contributed by atoms with Gasteiger partial charge in [-0.05, 0) is 55.0 Å². The van der Waals surface area contributed by atoms with Crippen LogP contribution in [0.4, 0.5) is 5.69 Å². The van der Waals surface area contributed by atoms with Crippen molar-refractivity contribution in [2.24, 2.45) is 0 Å². The molecule has 3 rings (SSSR count). The first-order valence-electron chi connectivity index (χ1n) is 7.89. The van der Waals surface area contributed by atoms with E-state index >= 15 is 0 Å². The van der Waals surface area contributed by atoms with Crippen LogP contribution >= 0.6 is 0 Å². The van der Waals surface area contributed by atoms with Crippen molar-refractivity contribution in [2.45, 2.75) is 12.8 Å². The molecule has 6 heteroatoms. The fourth-order valence-electron chi connectivity index (χ4n) is 2.63. The minimum atomic E-state index is -0.571. The SMILES string of the molecule is COC(=O)c1ccc(/C=C\C(=O)c2ccc(N3CCCC3=O)cc2)o1. The molecule has 1 aliphatic rings. The van der Waals surface area contributed by atoms with E-state index in [1.54, 1.807) is 35.2 Å². The molecule has 0 radical (unpaired) electrons. The summed E-state index contributed by atoms with van der Waals surface area (Å²) in [5.74, 6) is -0.200. The molecule has 1 aromatic heterocycles. The van der Waals surface area contributed by atoms with Crippen LogP contribution in [0.25, 0.3) is 6.08 Å². The number of amides is 1. The molecule has 1 amide bonds. The summed E-state index contributed by atoms with van der Waals surface area (Å²) < 4.78 is 9.82. The molecule has 0 spiro atoms. The number of allylic oxidation sites excluding steroid dienone is 1. The van der Waals surface area contributed by atoms with Crippen molar-refractivity contribution in [1.29, 1.82) is 0 Å². The molecule has 1 aromatic carbocycles. The molecule has 2 heterocycles. The van der Waals surface area contributed by atoms with Crippen molar-refractivity contribution in [1.82, 2.24) is 0 Å². The van der Waals surface area contributed by atoms with Crippen molar-refractivity contribution >= 4 is 29.4 Å². The highest BCUT2D eigenvalue weighted by Gasteiger charge is 2.21. The fraction of sp³-hybridized carbons (Fsp3) is 0.211. The highest BCUT2D eigenvalue weighted by Crippen LogP contribution is 2.22. The van der Waals surface area contributed by atoms with Gasteiger partial charge in [0.25, 0.3) is 0 Å². The van der Waals surface area contributed by atoms with E-state index in [1.807, 2.05) is 0 Å². The Bertz CT molecular complexity index is 832. The number of anilines is 1. The topological polar surface area (TPSA) is 76.8 Å². The van der Waals surface area contributed by atoms with Gasteiger partial charge in [0.2, 0.25) is 11.7 Å². The molecule has 1 aliphatic heterocycles. The van der Waals surface area contributed by atoms with Crippen LogP contribution < -0.4 is 4.90 Å². The number of hydrogen-bond acceptors (Lipinski definition) is 5. The Balaban J connectivity index is 1.67. The number of rotatable bonds is 5. The summed E-state index contributed by atoms with van der Waals surface area (Å²) in [6, 6.07) is 9.99. The summed E-state index contributed by atoms with van der Waals surface area (Å²) in [5, 5.41) is 0. The van der Waals surface area contributed by atoms with Crippen LogP contribution in [0.1, 0.15) is 39.5 Å². The van der Waals surface area contributed by atoms with E-state index in [1.165, 1.54) is 25.3 Å². The predicted molar refractivity (Wildman–Crippen MR) is 91.4 cm³/mol. The lowest BCUT2D eigenvalue weighted by atomic mass is 10.1. The quantitative estimate of drug-likeness (QED) is 0.475. The summed E-state index contributed by atoms with van der Waals surface area (Å²) >= 11 is 0. The largest absolute Gasteiger partial charge is 0.463 e. The molecule has 128 valence electrons. The van der Waals surface area contributed by atoms with E-state index in [4.69, 9.17) is 4.42 Å². The van der Waals surface area contributed by atoms with Crippen molar-refractivity contribution in [3.05, 3.63) is 59.6 Å². The van der Waals surface area contributed by atoms with Gasteiger partial charge in [-0.15, -0.1) is 0 Å². The maximum atomic E-state index is 12.2. The van der Waals surface area contributed by atoms with Gasteiger partial charge in [-0.3, -0.25) is 9.59 Å². The van der Waals surface area contributed by atoms with Crippen molar-refractivity contribution in [2.75, 3.05) is 18.6 Å². The number of furan rings is 1. The second kappa shape index (κ2) is 7.17. The van der Waals surface area contributed by atoms with Crippen LogP contribution in [0.15, 0.2) is 46.9 Å². The van der Waals surface area contributed by atoms with E-state index in [9.17, 15) is 14.4 Å². The summed E-state index contributed by atoms with van der Waals surface area (Å²) in [4.78, 5) is 37.0. The number of esters is 1. The normalized spacial score (nSPS) is 14.3. The molecule has 1 saturated heterocycles. The van der Waals surface area contributed by atoms with Crippen LogP contribution in [-0.2, 0) is 9.53 Å². The zero-order valence-electron chi connectivity index (χ0n) is 13.7. The monoisotopic (exact) mass is 339 g/mol. The van der Waals surface area contributed by atoms with Gasteiger partial charge >= 0.3 is 5.97 Å². The van der Waals surface area contributed by atoms with Gasteiger partial charge in [0.05, 0.1) is 7.11 Å². The Hall–Kier alpha value is -3.15. The lowest BCUT2D eigenvalue weighted by Gasteiger charge is -2.15. The molecule has 0 aliphatic carbocycles. The maximum absolute atomic E-state index is 12.2. The van der Waals surface area contributed by atoms with Crippen LogP contribution in [0, 0.1) is 0 Å². The Morgan fingerprint density at radius 1 is 1.16 bits per heavy atom. The van der Waals surface area contributed by atoms with Crippen molar-refractivity contribution in [3.8, 4) is 0 Å². The minimum absolute atomic E-state index is 0.0780. The summed E-state index contributed by atoms with van der Waals surface area (Å²) in [6.07, 6.45) is 4.29. The smallest absolute Gasteiger partial charge is 0.373 e. The third-order valence-corrected chi connectivity index (χ3v) is 3.95. The zero-order chi connectivity index (χ0) is 17.8. The lowest BCUT2D eigenvalue weighted by Crippen LogP contribution is -2.23. The summed E-state index contributed by atoms with van der Waals surface area (Å²) in [5.41, 5.74) is 1.31. The molecule has 0 saturated carbocycles. The van der Waals surface area contributed by atoms with Crippen LogP contribution in [0.5, 0.6) is 0 Å². The first-order valence-corrected chi connectivity index (χ1v) is 7.89. The van der Waals surface area contributed by atoms with Crippen LogP contribution in [0.2, 0.25) is 0 Å². The lowest BCUT2D eigenvalue weighted by molar-refractivity contribution is -0.117. The van der Waals surface area contributed by atoms with Gasteiger partial charge in [0.1, 0.15) is 5.76 Å². The number of hydrogen-bond donors (Lipinski definition) is 0. The molecule has 0 N–H and O–H groups in total. The Morgan fingerprint density at radius 3 is 2.56 bits per heavy atom. The molecule has 25 heavy (non-hydrogen) atoms. The average Bonchev–Trinajstić information content (AvgIpc) is 3.28. The number of ether oxygens (including phenoxy) is 1. The summed E-state index contributed by atoms with van der Waals surface area (Å²) in [6.45, 7) is 0.715. The molecule has 2 aromatic rings. The second-order valence-electron chi connectivity index (χ2n) is 5.59. The van der Waals surface area contributed by atoms with E-state index in [0.29, 0.717) is 24.3 Å². The molecular weight excluding hydrogens is 322 g/mol. The molecular formula is C19H17NO5. The van der Waals surface area contributed by atoms with Gasteiger partial charge in [-0.25, -0.2) is 4.79 Å². The van der Waals surface area contributed by atoms with Crippen molar-refractivity contribution < 1.29 is 23.5 Å². The Kier molecular flexibility index (Phi) is 4.79. The van der Waals surface area contributed by atoms with Crippen LogP contribution in [-0.4, -0.2) is 31.3 Å². The van der Waals surface area contributed by atoms with Gasteiger partial charge in [-0.2, -0.15) is 0 Å². The third-order valence-electron chi connectivity index (χ3n) is 3.95. The molecule has 0 atom stereocenters. The zero-order valence-corrected chi connectivity index (χ0v) is 13.7. The molecule has 0 unspecified atom stereocenters. The van der Waals surface area contributed by atoms with Crippen molar-refractivity contribution in [3.63, 3.8) is 0 Å². The van der Waals surface area contributed by atoms with Gasteiger partial charge in [-0.1, -0.05) is 0 Å². The molecule has 1 fully saturated rings. The van der Waals surface area contributed by atoms with E-state index in [0.717, 1.165) is 12.1 Å². The number of methoxy groups -OCH3 is 1. The summed E-state index contributed by atoms with van der Waals surface area (Å²) in [7, 11) is 1.27. The Morgan fingerprint density at radius 2 is 1.92 bits per heavy atom. The number of nitrogens with zero attached hydrogens (tertiary/aromatic N) is 1. The molecule has 6 nitrogen and oxygen atoms in total. The van der Waals surface area contributed by atoms with E-state index in [-0.39, 0.29) is 17.5 Å². The third kappa shape index (κ3) is 3.68. The first-order chi connectivity index (χ1) is 12.1. The van der Waals surface area contributed by atoms with Gasteiger partial charge < -0.3 is 14.1 Å². The van der Waals surface area contributed by atoms with Gasteiger partial charge in [0, 0.05) is 24.2 Å². The number of ketones is 1. The van der Waals surface area contributed by atoms with E-state index < -0.39 is 5.97 Å². The minimum Gasteiger partial charge on any atom is -0.463 e. The van der Waals surface area contributed by atoms with Gasteiger partial charge in [0.15, 0.2) is 5.78 Å². The number of carbonyl (C=O) groups is 3. The first kappa shape index (κ1) is 16.7. The highest BCUT2D eigenvalue weighted by molar-refractivity contribution is 6.07. The average molecular weight is 339 g/mol. The fourth-order valence-corrected chi connectivity index (χ4v) is 2.63. The number of carbonyl (C=O) groups excluding carboxylic acids is 3.